The second-order valence-electron chi connectivity index (χ2n) is 5.29. The van der Waals surface area contributed by atoms with Gasteiger partial charge in [0.25, 0.3) is 11.8 Å². The smallest absolute Gasteiger partial charge is 0.277 e. The first-order valence-corrected chi connectivity index (χ1v) is 8.06. The van der Waals surface area contributed by atoms with E-state index in [2.05, 4.69) is 10.5 Å². The minimum atomic E-state index is -0.393. The third-order valence-corrected chi connectivity index (χ3v) is 4.16. The number of aromatic nitrogens is 1. The van der Waals surface area contributed by atoms with E-state index in [9.17, 15) is 9.59 Å². The van der Waals surface area contributed by atoms with Gasteiger partial charge in [-0.05, 0) is 29.6 Å². The van der Waals surface area contributed by atoms with Crippen molar-refractivity contribution in [2.45, 2.75) is 0 Å². The topological polar surface area (TPSA) is 75.4 Å². The molecule has 3 rings (SSSR count). The van der Waals surface area contributed by atoms with Crippen molar-refractivity contribution in [3.8, 4) is 10.6 Å². The quantitative estimate of drug-likeness (QED) is 0.789. The summed E-state index contributed by atoms with van der Waals surface area (Å²) in [7, 11) is 3.35. The highest BCUT2D eigenvalue weighted by atomic mass is 32.1. The molecule has 1 aromatic carbocycles. The molecule has 0 saturated carbocycles. The lowest BCUT2D eigenvalue weighted by atomic mass is 10.2. The van der Waals surface area contributed by atoms with Crippen LogP contribution >= 0.6 is 11.3 Å². The van der Waals surface area contributed by atoms with Crippen molar-refractivity contribution in [3.63, 3.8) is 0 Å². The van der Waals surface area contributed by atoms with Crippen molar-refractivity contribution in [3.05, 3.63) is 59.1 Å². The minimum absolute atomic E-state index is 0.132. The first kappa shape index (κ1) is 15.9. The lowest BCUT2D eigenvalue weighted by Crippen LogP contribution is -2.22. The lowest BCUT2D eigenvalue weighted by molar-refractivity contribution is 0.0827. The Kier molecular flexibility index (Phi) is 4.43. The Morgan fingerprint density at radius 3 is 2.71 bits per heavy atom. The summed E-state index contributed by atoms with van der Waals surface area (Å²) in [5, 5.41) is 8.44. The fraction of sp³-hybridized carbons (Fsp3) is 0.118. The van der Waals surface area contributed by atoms with E-state index in [0.717, 1.165) is 4.88 Å². The summed E-state index contributed by atoms with van der Waals surface area (Å²) in [5.41, 5.74) is 1.20. The highest BCUT2D eigenvalue weighted by molar-refractivity contribution is 7.13. The molecule has 0 atom stereocenters. The van der Waals surface area contributed by atoms with Gasteiger partial charge < -0.3 is 14.7 Å². The molecule has 2 heterocycles. The molecule has 0 bridgehead atoms. The molecule has 7 heteroatoms. The third-order valence-electron chi connectivity index (χ3n) is 3.28. The van der Waals surface area contributed by atoms with Gasteiger partial charge in [0.05, 0.1) is 4.88 Å². The van der Waals surface area contributed by atoms with E-state index < -0.39 is 5.91 Å². The van der Waals surface area contributed by atoms with Gasteiger partial charge in [-0.3, -0.25) is 9.59 Å². The maximum absolute atomic E-state index is 12.3. The van der Waals surface area contributed by atoms with Gasteiger partial charge in [0.15, 0.2) is 11.5 Å². The first-order valence-electron chi connectivity index (χ1n) is 7.18. The number of hydrogen-bond donors (Lipinski definition) is 1. The van der Waals surface area contributed by atoms with Gasteiger partial charge in [-0.25, -0.2) is 0 Å². The number of amides is 2. The Bertz CT molecular complexity index is 869. The maximum atomic E-state index is 12.3. The predicted octanol–water partition coefficient (Wildman–Crippen LogP) is 3.36. The second-order valence-corrected chi connectivity index (χ2v) is 6.24. The highest BCUT2D eigenvalue weighted by Crippen LogP contribution is 2.25. The van der Waals surface area contributed by atoms with Crippen molar-refractivity contribution >= 4 is 28.8 Å². The molecule has 0 fully saturated rings. The number of thiophene rings is 1. The monoisotopic (exact) mass is 341 g/mol. The molecule has 0 unspecified atom stereocenters. The normalized spacial score (nSPS) is 10.4. The third kappa shape index (κ3) is 3.36. The molecular weight excluding hydrogens is 326 g/mol. The van der Waals surface area contributed by atoms with Gasteiger partial charge in [-0.2, -0.15) is 0 Å². The Labute approximate surface area is 142 Å². The van der Waals surface area contributed by atoms with E-state index >= 15 is 0 Å². The Morgan fingerprint density at radius 1 is 1.17 bits per heavy atom. The molecular formula is C17H15N3O3S. The molecule has 0 aliphatic heterocycles. The molecule has 0 radical (unpaired) electrons. The van der Waals surface area contributed by atoms with Crippen LogP contribution in [0.25, 0.3) is 10.6 Å². The molecule has 2 aromatic heterocycles. The van der Waals surface area contributed by atoms with E-state index in [4.69, 9.17) is 4.52 Å². The minimum Gasteiger partial charge on any atom is -0.355 e. The van der Waals surface area contributed by atoms with Gasteiger partial charge in [-0.15, -0.1) is 11.3 Å². The van der Waals surface area contributed by atoms with Crippen LogP contribution in [0.2, 0.25) is 0 Å². The van der Waals surface area contributed by atoms with Crippen LogP contribution in [0.4, 0.5) is 5.69 Å². The molecule has 1 N–H and O–H groups in total. The van der Waals surface area contributed by atoms with E-state index in [-0.39, 0.29) is 11.6 Å². The molecule has 0 spiro atoms. The highest BCUT2D eigenvalue weighted by Gasteiger charge is 2.15. The number of carbonyl (C=O) groups excluding carboxylic acids is 2. The summed E-state index contributed by atoms with van der Waals surface area (Å²) in [4.78, 5) is 26.6. The first-order chi connectivity index (χ1) is 11.5. The molecule has 0 aliphatic carbocycles. The number of anilines is 1. The molecule has 122 valence electrons. The van der Waals surface area contributed by atoms with Crippen molar-refractivity contribution in [2.75, 3.05) is 19.4 Å². The second kappa shape index (κ2) is 6.67. The van der Waals surface area contributed by atoms with E-state index in [1.54, 1.807) is 44.4 Å². The Morgan fingerprint density at radius 2 is 2.00 bits per heavy atom. The molecule has 0 aliphatic rings. The van der Waals surface area contributed by atoms with Gasteiger partial charge in [0.1, 0.15) is 0 Å². The summed E-state index contributed by atoms with van der Waals surface area (Å²) in [6, 6.07) is 12.1. The maximum Gasteiger partial charge on any atom is 0.277 e. The van der Waals surface area contributed by atoms with E-state index in [1.807, 2.05) is 17.5 Å². The standard InChI is InChI=1S/C17H15N3O3S/c1-20(2)17(22)11-5-3-6-12(9-11)18-16(21)13-10-14(23-19-13)15-7-4-8-24-15/h3-10H,1-2H3,(H,18,21). The molecule has 6 nitrogen and oxygen atoms in total. The van der Waals surface area contributed by atoms with Crippen LogP contribution in [0.1, 0.15) is 20.8 Å². The Hall–Kier alpha value is -2.93. The van der Waals surface area contributed by atoms with Crippen LogP contribution in [0.5, 0.6) is 0 Å². The average molecular weight is 341 g/mol. The molecule has 2 amide bonds. The van der Waals surface area contributed by atoms with Crippen molar-refractivity contribution in [1.82, 2.24) is 10.1 Å². The van der Waals surface area contributed by atoms with Gasteiger partial charge >= 0.3 is 0 Å². The number of nitrogens with one attached hydrogen (secondary N) is 1. The SMILES string of the molecule is CN(C)C(=O)c1cccc(NC(=O)c2cc(-c3cccs3)on2)c1. The molecule has 24 heavy (non-hydrogen) atoms. The number of rotatable bonds is 4. The zero-order chi connectivity index (χ0) is 17.1. The zero-order valence-corrected chi connectivity index (χ0v) is 14.0. The van der Waals surface area contributed by atoms with Crippen LogP contribution in [-0.2, 0) is 0 Å². The van der Waals surface area contributed by atoms with Crippen molar-refractivity contribution < 1.29 is 14.1 Å². The van der Waals surface area contributed by atoms with Crippen LogP contribution in [0.3, 0.4) is 0 Å². The fourth-order valence-electron chi connectivity index (χ4n) is 2.10. The Balaban J connectivity index is 1.76. The lowest BCUT2D eigenvalue weighted by Gasteiger charge is -2.11. The fourth-order valence-corrected chi connectivity index (χ4v) is 2.77. The number of nitrogens with zero attached hydrogens (tertiary/aromatic N) is 2. The predicted molar refractivity (Wildman–Crippen MR) is 92.2 cm³/mol. The van der Waals surface area contributed by atoms with Crippen molar-refractivity contribution in [1.29, 1.82) is 0 Å². The van der Waals surface area contributed by atoms with Crippen LogP contribution in [0.15, 0.2) is 52.4 Å². The zero-order valence-electron chi connectivity index (χ0n) is 13.1. The van der Waals surface area contributed by atoms with Gasteiger partial charge in [0, 0.05) is 31.4 Å². The van der Waals surface area contributed by atoms with Crippen molar-refractivity contribution in [2.24, 2.45) is 0 Å². The molecule has 3 aromatic rings. The molecule has 0 saturated heterocycles. The summed E-state index contributed by atoms with van der Waals surface area (Å²) in [5.74, 6) is 0.0233. The number of carbonyl (C=O) groups is 2. The van der Waals surface area contributed by atoms with Crippen LogP contribution in [-0.4, -0.2) is 36.0 Å². The van der Waals surface area contributed by atoms with E-state index in [1.165, 1.54) is 16.2 Å². The van der Waals surface area contributed by atoms with Crippen LogP contribution < -0.4 is 5.32 Å². The number of hydrogen-bond acceptors (Lipinski definition) is 5. The number of benzene rings is 1. The average Bonchev–Trinajstić information content (AvgIpc) is 3.25. The van der Waals surface area contributed by atoms with E-state index in [0.29, 0.717) is 17.0 Å². The largest absolute Gasteiger partial charge is 0.355 e. The van der Waals surface area contributed by atoms with Gasteiger partial charge in [0.2, 0.25) is 0 Å². The summed E-state index contributed by atoms with van der Waals surface area (Å²) in [6.45, 7) is 0. The van der Waals surface area contributed by atoms with Crippen LogP contribution in [0, 0.1) is 0 Å². The summed E-state index contributed by atoms with van der Waals surface area (Å²) in [6.07, 6.45) is 0. The summed E-state index contributed by atoms with van der Waals surface area (Å²) >= 11 is 1.51. The summed E-state index contributed by atoms with van der Waals surface area (Å²) < 4.78 is 5.20. The van der Waals surface area contributed by atoms with Gasteiger partial charge in [-0.1, -0.05) is 17.3 Å².